The third-order valence-electron chi connectivity index (χ3n) is 4.18. The molecule has 0 unspecified atom stereocenters. The Labute approximate surface area is 107 Å². The van der Waals surface area contributed by atoms with Gasteiger partial charge in [-0.05, 0) is 38.0 Å². The second kappa shape index (κ2) is 5.55. The van der Waals surface area contributed by atoms with Gasteiger partial charge in [0.15, 0.2) is 0 Å². The number of nitrogens with zero attached hydrogens (tertiary/aromatic N) is 1. The molecule has 1 aromatic heterocycles. The van der Waals surface area contributed by atoms with Crippen LogP contribution in [0, 0.1) is 5.92 Å². The van der Waals surface area contributed by atoms with Crippen molar-refractivity contribution in [1.29, 1.82) is 0 Å². The number of aromatic hydroxyl groups is 1. The molecule has 0 atom stereocenters. The zero-order chi connectivity index (χ0) is 13.1. The second-order valence-electron chi connectivity index (χ2n) is 5.23. The van der Waals surface area contributed by atoms with Crippen LogP contribution in [0.4, 0.5) is 0 Å². The predicted molar refractivity (Wildman–Crippen MR) is 70.9 cm³/mol. The number of nitrogens with one attached hydrogen (secondary N) is 1. The molecule has 0 spiro atoms. The van der Waals surface area contributed by atoms with Crippen LogP contribution in [0.5, 0.6) is 5.88 Å². The molecule has 0 amide bonds. The van der Waals surface area contributed by atoms with Gasteiger partial charge in [-0.3, -0.25) is 4.79 Å². The Morgan fingerprint density at radius 3 is 2.44 bits per heavy atom. The molecule has 0 aliphatic heterocycles. The summed E-state index contributed by atoms with van der Waals surface area (Å²) in [4.78, 5) is 18.8. The molecule has 18 heavy (non-hydrogen) atoms. The highest BCUT2D eigenvalue weighted by atomic mass is 16.3. The van der Waals surface area contributed by atoms with E-state index in [4.69, 9.17) is 0 Å². The van der Waals surface area contributed by atoms with Gasteiger partial charge in [-0.1, -0.05) is 20.3 Å². The first kappa shape index (κ1) is 13.1. The van der Waals surface area contributed by atoms with Crippen molar-refractivity contribution >= 4 is 0 Å². The molecule has 1 heterocycles. The van der Waals surface area contributed by atoms with Crippen molar-refractivity contribution in [1.82, 2.24) is 9.97 Å². The molecule has 2 rings (SSSR count). The molecule has 1 aliphatic rings. The fourth-order valence-corrected chi connectivity index (χ4v) is 2.86. The first-order valence-electron chi connectivity index (χ1n) is 6.97. The molecule has 2 N–H and O–H groups in total. The first-order valence-corrected chi connectivity index (χ1v) is 6.97. The van der Waals surface area contributed by atoms with Crippen LogP contribution in [0.3, 0.4) is 0 Å². The highest BCUT2D eigenvalue weighted by Gasteiger charge is 2.24. The minimum atomic E-state index is -0.183. The van der Waals surface area contributed by atoms with Crippen LogP contribution in [-0.4, -0.2) is 15.1 Å². The van der Waals surface area contributed by atoms with Gasteiger partial charge < -0.3 is 10.1 Å². The van der Waals surface area contributed by atoms with Crippen molar-refractivity contribution in [2.75, 3.05) is 0 Å². The van der Waals surface area contributed by atoms with Crippen molar-refractivity contribution in [2.24, 2.45) is 5.92 Å². The van der Waals surface area contributed by atoms with Crippen LogP contribution in [0.1, 0.15) is 63.3 Å². The number of aromatic nitrogens is 2. The average molecular weight is 250 g/mol. The van der Waals surface area contributed by atoms with E-state index < -0.39 is 0 Å². The summed E-state index contributed by atoms with van der Waals surface area (Å²) >= 11 is 0. The van der Waals surface area contributed by atoms with Crippen LogP contribution in [-0.2, 0) is 6.42 Å². The van der Waals surface area contributed by atoms with Gasteiger partial charge in [0, 0.05) is 5.92 Å². The molecule has 0 radical (unpaired) electrons. The molecular weight excluding hydrogens is 228 g/mol. The molecule has 0 saturated heterocycles. The lowest BCUT2D eigenvalue weighted by Crippen LogP contribution is -2.21. The molecule has 4 heteroatoms. The van der Waals surface area contributed by atoms with Crippen molar-refractivity contribution < 1.29 is 5.11 Å². The lowest BCUT2D eigenvalue weighted by Gasteiger charge is -2.27. The maximum absolute atomic E-state index is 11.8. The van der Waals surface area contributed by atoms with E-state index in [1.165, 1.54) is 19.3 Å². The van der Waals surface area contributed by atoms with Crippen molar-refractivity contribution in [3.05, 3.63) is 21.7 Å². The van der Waals surface area contributed by atoms with Crippen LogP contribution in [0.2, 0.25) is 0 Å². The lowest BCUT2D eigenvalue weighted by atomic mass is 9.80. The Hall–Kier alpha value is -1.32. The van der Waals surface area contributed by atoms with Crippen molar-refractivity contribution in [3.8, 4) is 5.88 Å². The summed E-state index contributed by atoms with van der Waals surface area (Å²) in [6.07, 6.45) is 6.26. The number of aromatic amines is 1. The van der Waals surface area contributed by atoms with E-state index in [0.717, 1.165) is 18.8 Å². The van der Waals surface area contributed by atoms with Crippen molar-refractivity contribution in [2.45, 2.75) is 58.3 Å². The zero-order valence-electron chi connectivity index (χ0n) is 11.2. The first-order chi connectivity index (χ1) is 8.65. The van der Waals surface area contributed by atoms with E-state index in [-0.39, 0.29) is 11.4 Å². The fraction of sp³-hybridized carbons (Fsp3) is 0.714. The van der Waals surface area contributed by atoms with Gasteiger partial charge in [-0.15, -0.1) is 0 Å². The van der Waals surface area contributed by atoms with E-state index in [9.17, 15) is 9.90 Å². The molecule has 1 fully saturated rings. The minimum absolute atomic E-state index is 0.0890. The third kappa shape index (κ3) is 2.57. The lowest BCUT2D eigenvalue weighted by molar-refractivity contribution is 0.309. The highest BCUT2D eigenvalue weighted by molar-refractivity contribution is 5.23. The van der Waals surface area contributed by atoms with Crippen LogP contribution < -0.4 is 5.56 Å². The highest BCUT2D eigenvalue weighted by Crippen LogP contribution is 2.35. The normalized spacial score (nSPS) is 24.1. The molecule has 0 bridgehead atoms. The SMILES string of the molecule is CCc1c(O)nc(C2CCC(CC)CC2)[nH]c1=O. The van der Waals surface area contributed by atoms with Crippen molar-refractivity contribution in [3.63, 3.8) is 0 Å². The summed E-state index contributed by atoms with van der Waals surface area (Å²) in [5.74, 6) is 1.70. The minimum Gasteiger partial charge on any atom is -0.493 e. The molecule has 1 saturated carbocycles. The fourth-order valence-electron chi connectivity index (χ4n) is 2.86. The molecule has 4 nitrogen and oxygen atoms in total. The van der Waals surface area contributed by atoms with E-state index in [1.54, 1.807) is 0 Å². The van der Waals surface area contributed by atoms with E-state index in [1.807, 2.05) is 6.92 Å². The largest absolute Gasteiger partial charge is 0.493 e. The van der Waals surface area contributed by atoms with Crippen LogP contribution in [0.15, 0.2) is 4.79 Å². The van der Waals surface area contributed by atoms with Gasteiger partial charge in [0.05, 0.1) is 5.56 Å². The maximum Gasteiger partial charge on any atom is 0.257 e. The van der Waals surface area contributed by atoms with E-state index in [2.05, 4.69) is 16.9 Å². The van der Waals surface area contributed by atoms with Gasteiger partial charge in [0.2, 0.25) is 5.88 Å². The summed E-state index contributed by atoms with van der Waals surface area (Å²) in [5, 5.41) is 9.77. The Morgan fingerprint density at radius 1 is 1.28 bits per heavy atom. The standard InChI is InChI=1S/C14H22N2O2/c1-3-9-5-7-10(8-6-9)12-15-13(17)11(4-2)14(18)16-12/h9-10H,3-8H2,1-2H3,(H2,15,16,17,18). The number of rotatable bonds is 3. The monoisotopic (exact) mass is 250 g/mol. The smallest absolute Gasteiger partial charge is 0.257 e. The molecular formula is C14H22N2O2. The topological polar surface area (TPSA) is 66.0 Å². The quantitative estimate of drug-likeness (QED) is 0.866. The van der Waals surface area contributed by atoms with Crippen LogP contribution >= 0.6 is 0 Å². The molecule has 1 aromatic rings. The third-order valence-corrected chi connectivity index (χ3v) is 4.18. The predicted octanol–water partition coefficient (Wildman–Crippen LogP) is 2.72. The van der Waals surface area contributed by atoms with E-state index >= 15 is 0 Å². The number of H-pyrrole nitrogens is 1. The summed E-state index contributed by atoms with van der Waals surface area (Å²) < 4.78 is 0. The maximum atomic E-state index is 11.8. The average Bonchev–Trinajstić information content (AvgIpc) is 2.38. The summed E-state index contributed by atoms with van der Waals surface area (Å²) in [5.41, 5.74) is 0.207. The van der Waals surface area contributed by atoms with Gasteiger partial charge in [-0.25, -0.2) is 0 Å². The Morgan fingerprint density at radius 2 is 1.94 bits per heavy atom. The number of hydrogen-bond donors (Lipinski definition) is 2. The Bertz CT molecular complexity index is 459. The Balaban J connectivity index is 2.18. The molecule has 100 valence electrons. The number of hydrogen-bond acceptors (Lipinski definition) is 3. The molecule has 1 aliphatic carbocycles. The van der Waals surface area contributed by atoms with E-state index in [0.29, 0.717) is 23.7 Å². The summed E-state index contributed by atoms with van der Waals surface area (Å²) in [6, 6.07) is 0. The van der Waals surface area contributed by atoms with Gasteiger partial charge in [0.25, 0.3) is 5.56 Å². The van der Waals surface area contributed by atoms with Gasteiger partial charge >= 0.3 is 0 Å². The van der Waals surface area contributed by atoms with Crippen LogP contribution in [0.25, 0.3) is 0 Å². The summed E-state index contributed by atoms with van der Waals surface area (Å²) in [6.45, 7) is 4.07. The zero-order valence-corrected chi connectivity index (χ0v) is 11.2. The molecule has 0 aromatic carbocycles. The van der Waals surface area contributed by atoms with Gasteiger partial charge in [0.1, 0.15) is 5.82 Å². The van der Waals surface area contributed by atoms with Gasteiger partial charge in [-0.2, -0.15) is 4.98 Å². The summed E-state index contributed by atoms with van der Waals surface area (Å²) in [7, 11) is 0. The second-order valence-corrected chi connectivity index (χ2v) is 5.23. The Kier molecular flexibility index (Phi) is 4.04.